The number of urea groups is 1. The number of unbranched alkanes of at least 4 members (excludes halogenated alkanes) is 1. The van der Waals surface area contributed by atoms with E-state index >= 15 is 0 Å². The Labute approximate surface area is 139 Å². The lowest BCUT2D eigenvalue weighted by atomic mass is 10.2. The molecule has 0 atom stereocenters. The molecule has 0 aliphatic rings. The molecule has 2 amide bonds. The first-order chi connectivity index (χ1) is 10.5. The molecule has 5 nitrogen and oxygen atoms in total. The molecule has 22 heavy (non-hydrogen) atoms. The van der Waals surface area contributed by atoms with Gasteiger partial charge in [-0.25, -0.2) is 9.48 Å². The molecule has 0 radical (unpaired) electrons. The van der Waals surface area contributed by atoms with Crippen LogP contribution in [0, 0.1) is 13.8 Å². The highest BCUT2D eigenvalue weighted by atomic mass is 79.9. The van der Waals surface area contributed by atoms with Gasteiger partial charge in [-0.15, -0.1) is 0 Å². The van der Waals surface area contributed by atoms with Crippen molar-refractivity contribution in [1.29, 1.82) is 0 Å². The second-order valence-corrected chi connectivity index (χ2v) is 5.97. The van der Waals surface area contributed by atoms with Crippen LogP contribution >= 0.6 is 15.9 Å². The van der Waals surface area contributed by atoms with E-state index in [4.69, 9.17) is 0 Å². The minimum atomic E-state index is -0.171. The van der Waals surface area contributed by atoms with Crippen LogP contribution in [0.5, 0.6) is 0 Å². The monoisotopic (exact) mass is 364 g/mol. The van der Waals surface area contributed by atoms with E-state index in [1.807, 2.05) is 42.8 Å². The number of benzene rings is 1. The third-order valence-electron chi connectivity index (χ3n) is 3.39. The van der Waals surface area contributed by atoms with Gasteiger partial charge in [0.15, 0.2) is 0 Å². The predicted octanol–water partition coefficient (Wildman–Crippen LogP) is 4.17. The number of hydrogen-bond acceptors (Lipinski definition) is 2. The largest absolute Gasteiger partial charge is 0.338 e. The summed E-state index contributed by atoms with van der Waals surface area (Å²) in [5.41, 5.74) is 3.73. The average molecular weight is 365 g/mol. The van der Waals surface area contributed by atoms with E-state index in [0.29, 0.717) is 6.54 Å². The van der Waals surface area contributed by atoms with Crippen LogP contribution in [0.4, 0.5) is 10.5 Å². The summed E-state index contributed by atoms with van der Waals surface area (Å²) >= 11 is 3.53. The second kappa shape index (κ2) is 7.45. The van der Waals surface area contributed by atoms with E-state index in [0.717, 1.165) is 40.1 Å². The number of nitrogens with zero attached hydrogens (tertiary/aromatic N) is 2. The third kappa shape index (κ3) is 3.88. The maximum absolute atomic E-state index is 11.7. The number of aromatic nitrogens is 2. The van der Waals surface area contributed by atoms with Gasteiger partial charge >= 0.3 is 6.03 Å². The number of rotatable bonds is 5. The first-order valence-corrected chi connectivity index (χ1v) is 8.19. The Bertz CT molecular complexity index is 649. The van der Waals surface area contributed by atoms with E-state index in [2.05, 4.69) is 38.6 Å². The minimum absolute atomic E-state index is 0.171. The third-order valence-corrected chi connectivity index (χ3v) is 4.54. The van der Waals surface area contributed by atoms with Crippen LogP contribution in [-0.2, 0) is 0 Å². The molecular formula is C16H21BrN4O. The number of halogens is 1. The van der Waals surface area contributed by atoms with Crippen molar-refractivity contribution in [3.05, 3.63) is 40.1 Å². The average Bonchev–Trinajstić information content (AvgIpc) is 2.76. The Balaban J connectivity index is 2.04. The van der Waals surface area contributed by atoms with Gasteiger partial charge in [-0.05, 0) is 60.5 Å². The molecule has 1 aromatic heterocycles. The zero-order valence-electron chi connectivity index (χ0n) is 13.1. The van der Waals surface area contributed by atoms with Crippen LogP contribution in [0.2, 0.25) is 0 Å². The zero-order chi connectivity index (χ0) is 16.1. The summed E-state index contributed by atoms with van der Waals surface area (Å²) in [4.78, 5) is 11.7. The molecule has 1 heterocycles. The van der Waals surface area contributed by atoms with Gasteiger partial charge in [-0.3, -0.25) is 0 Å². The molecule has 6 heteroatoms. The highest BCUT2D eigenvalue weighted by Crippen LogP contribution is 2.23. The normalized spacial score (nSPS) is 10.5. The quantitative estimate of drug-likeness (QED) is 0.782. The highest BCUT2D eigenvalue weighted by Gasteiger charge is 2.10. The number of amides is 2. The lowest BCUT2D eigenvalue weighted by Crippen LogP contribution is -2.29. The standard InChI is InChI=1S/C16H21BrN4O/c1-4-5-10-18-16(22)19-13-6-8-14(9-7-13)21-12(3)15(17)11(2)20-21/h6-9H,4-5,10H2,1-3H3,(H2,18,19,22). The van der Waals surface area contributed by atoms with Gasteiger partial charge in [0.05, 0.1) is 21.5 Å². The molecule has 2 rings (SSSR count). The lowest BCUT2D eigenvalue weighted by molar-refractivity contribution is 0.252. The number of anilines is 1. The van der Waals surface area contributed by atoms with Crippen LogP contribution in [0.3, 0.4) is 0 Å². The fourth-order valence-corrected chi connectivity index (χ4v) is 2.36. The summed E-state index contributed by atoms with van der Waals surface area (Å²) < 4.78 is 2.90. The van der Waals surface area contributed by atoms with Gasteiger partial charge in [0.1, 0.15) is 0 Å². The SMILES string of the molecule is CCCCNC(=O)Nc1ccc(-n2nc(C)c(Br)c2C)cc1. The van der Waals surface area contributed by atoms with Crippen molar-refractivity contribution >= 4 is 27.6 Å². The summed E-state index contributed by atoms with van der Waals surface area (Å²) in [6, 6.07) is 7.45. The Morgan fingerprint density at radius 1 is 1.27 bits per heavy atom. The smallest absolute Gasteiger partial charge is 0.319 e. The maximum atomic E-state index is 11.7. The van der Waals surface area contributed by atoms with Crippen LogP contribution in [0.1, 0.15) is 31.2 Å². The Morgan fingerprint density at radius 2 is 1.95 bits per heavy atom. The molecule has 0 saturated carbocycles. The summed E-state index contributed by atoms with van der Waals surface area (Å²) in [6.07, 6.45) is 2.05. The number of nitrogens with one attached hydrogen (secondary N) is 2. The molecule has 2 N–H and O–H groups in total. The molecule has 1 aromatic carbocycles. The van der Waals surface area contributed by atoms with E-state index in [-0.39, 0.29) is 6.03 Å². The Morgan fingerprint density at radius 3 is 2.50 bits per heavy atom. The van der Waals surface area contributed by atoms with Crippen molar-refractivity contribution in [2.45, 2.75) is 33.6 Å². The number of carbonyl (C=O) groups is 1. The molecule has 0 bridgehead atoms. The van der Waals surface area contributed by atoms with Crippen molar-refractivity contribution in [3.63, 3.8) is 0 Å². The second-order valence-electron chi connectivity index (χ2n) is 5.18. The molecule has 0 unspecified atom stereocenters. The highest BCUT2D eigenvalue weighted by molar-refractivity contribution is 9.10. The van der Waals surface area contributed by atoms with Gasteiger partial charge in [0.2, 0.25) is 0 Å². The van der Waals surface area contributed by atoms with Crippen molar-refractivity contribution in [3.8, 4) is 5.69 Å². The van der Waals surface area contributed by atoms with Gasteiger partial charge in [-0.1, -0.05) is 13.3 Å². The minimum Gasteiger partial charge on any atom is -0.338 e. The Hall–Kier alpha value is -1.82. The van der Waals surface area contributed by atoms with E-state index in [1.54, 1.807) is 0 Å². The zero-order valence-corrected chi connectivity index (χ0v) is 14.7. The number of aryl methyl sites for hydroxylation is 1. The summed E-state index contributed by atoms with van der Waals surface area (Å²) in [6.45, 7) is 6.76. The van der Waals surface area contributed by atoms with Gasteiger partial charge < -0.3 is 10.6 Å². The molecule has 0 aliphatic heterocycles. The summed E-state index contributed by atoms with van der Waals surface area (Å²) in [5, 5.41) is 10.1. The molecule has 118 valence electrons. The summed E-state index contributed by atoms with van der Waals surface area (Å²) in [7, 11) is 0. The summed E-state index contributed by atoms with van der Waals surface area (Å²) in [5.74, 6) is 0. The molecule has 0 spiro atoms. The van der Waals surface area contributed by atoms with Crippen LogP contribution in [0.15, 0.2) is 28.7 Å². The van der Waals surface area contributed by atoms with Crippen molar-refractivity contribution in [2.75, 3.05) is 11.9 Å². The Kier molecular flexibility index (Phi) is 5.60. The topological polar surface area (TPSA) is 59.0 Å². The van der Waals surface area contributed by atoms with Crippen molar-refractivity contribution < 1.29 is 4.79 Å². The van der Waals surface area contributed by atoms with Gasteiger partial charge in [0.25, 0.3) is 0 Å². The molecule has 0 fully saturated rings. The number of carbonyl (C=O) groups excluding carboxylic acids is 1. The molecule has 0 saturated heterocycles. The fourth-order valence-electron chi connectivity index (χ4n) is 2.12. The molecular weight excluding hydrogens is 344 g/mol. The number of hydrogen-bond donors (Lipinski definition) is 2. The van der Waals surface area contributed by atoms with Crippen LogP contribution < -0.4 is 10.6 Å². The predicted molar refractivity (Wildman–Crippen MR) is 92.7 cm³/mol. The van der Waals surface area contributed by atoms with Gasteiger partial charge in [0, 0.05) is 12.2 Å². The van der Waals surface area contributed by atoms with Crippen LogP contribution in [0.25, 0.3) is 5.69 Å². The lowest BCUT2D eigenvalue weighted by Gasteiger charge is -2.09. The van der Waals surface area contributed by atoms with E-state index < -0.39 is 0 Å². The van der Waals surface area contributed by atoms with Crippen molar-refractivity contribution in [1.82, 2.24) is 15.1 Å². The van der Waals surface area contributed by atoms with E-state index in [1.165, 1.54) is 0 Å². The molecule has 0 aliphatic carbocycles. The van der Waals surface area contributed by atoms with Crippen LogP contribution in [-0.4, -0.2) is 22.4 Å². The van der Waals surface area contributed by atoms with Crippen molar-refractivity contribution in [2.24, 2.45) is 0 Å². The maximum Gasteiger partial charge on any atom is 0.319 e. The van der Waals surface area contributed by atoms with E-state index in [9.17, 15) is 4.79 Å². The first kappa shape index (κ1) is 16.5. The van der Waals surface area contributed by atoms with Gasteiger partial charge in [-0.2, -0.15) is 5.10 Å². The first-order valence-electron chi connectivity index (χ1n) is 7.40. The fraction of sp³-hybridized carbons (Fsp3) is 0.375. The molecule has 2 aromatic rings.